The Morgan fingerprint density at radius 1 is 0.968 bits per heavy atom. The van der Waals surface area contributed by atoms with Crippen LogP contribution >= 0.6 is 0 Å². The topological polar surface area (TPSA) is 60.9 Å². The van der Waals surface area contributed by atoms with Gasteiger partial charge >= 0.3 is 0 Å². The fraction of sp³-hybridized carbons (Fsp3) is 0.435. The summed E-state index contributed by atoms with van der Waals surface area (Å²) >= 11 is 0. The molecular formula is C23H28FN3O3S. The van der Waals surface area contributed by atoms with Gasteiger partial charge in [0.05, 0.1) is 10.9 Å². The van der Waals surface area contributed by atoms with Crippen molar-refractivity contribution in [2.24, 2.45) is 0 Å². The third-order valence-electron chi connectivity index (χ3n) is 6.20. The number of aryl methyl sites for hydroxylation is 1. The predicted molar refractivity (Wildman–Crippen MR) is 116 cm³/mol. The Labute approximate surface area is 183 Å². The van der Waals surface area contributed by atoms with E-state index in [0.717, 1.165) is 17.5 Å². The van der Waals surface area contributed by atoms with Crippen molar-refractivity contribution in [2.45, 2.75) is 37.2 Å². The fourth-order valence-corrected chi connectivity index (χ4v) is 6.17. The number of rotatable bonds is 5. The minimum Gasteiger partial charge on any atom is -0.337 e. The summed E-state index contributed by atoms with van der Waals surface area (Å²) in [6.45, 7) is 4.99. The van der Waals surface area contributed by atoms with Crippen LogP contribution in [0.15, 0.2) is 53.4 Å². The maximum absolute atomic E-state index is 13.1. The van der Waals surface area contributed by atoms with Crippen LogP contribution < -0.4 is 0 Å². The molecule has 2 aromatic carbocycles. The molecule has 2 aromatic rings. The van der Waals surface area contributed by atoms with Gasteiger partial charge in [-0.15, -0.1) is 0 Å². The number of carbonyl (C=O) groups excluding carboxylic acids is 1. The first-order chi connectivity index (χ1) is 14.9. The lowest BCUT2D eigenvalue weighted by Crippen LogP contribution is -2.44. The minimum absolute atomic E-state index is 0.0690. The van der Waals surface area contributed by atoms with Gasteiger partial charge in [0.25, 0.3) is 0 Å². The Hall–Kier alpha value is -2.29. The molecule has 2 aliphatic rings. The van der Waals surface area contributed by atoms with Crippen molar-refractivity contribution in [1.29, 1.82) is 0 Å². The van der Waals surface area contributed by atoms with Crippen LogP contribution in [0.4, 0.5) is 4.39 Å². The van der Waals surface area contributed by atoms with Crippen LogP contribution in [-0.2, 0) is 21.4 Å². The van der Waals surface area contributed by atoms with Gasteiger partial charge in [-0.1, -0.05) is 30.3 Å². The van der Waals surface area contributed by atoms with Crippen LogP contribution in [0, 0.1) is 12.7 Å². The van der Waals surface area contributed by atoms with Crippen molar-refractivity contribution >= 4 is 15.9 Å². The monoisotopic (exact) mass is 445 g/mol. The highest BCUT2D eigenvalue weighted by atomic mass is 32.2. The molecule has 0 bridgehead atoms. The molecule has 0 aromatic heterocycles. The Kier molecular flexibility index (Phi) is 6.41. The lowest BCUT2D eigenvalue weighted by Gasteiger charge is -2.26. The zero-order valence-corrected chi connectivity index (χ0v) is 18.5. The summed E-state index contributed by atoms with van der Waals surface area (Å²) in [4.78, 5) is 17.3. The Bertz CT molecular complexity index is 1040. The maximum Gasteiger partial charge on any atom is 0.243 e. The molecule has 2 saturated heterocycles. The van der Waals surface area contributed by atoms with Crippen molar-refractivity contribution in [3.05, 3.63) is 65.5 Å². The molecule has 2 heterocycles. The van der Waals surface area contributed by atoms with E-state index >= 15 is 0 Å². The van der Waals surface area contributed by atoms with Crippen molar-refractivity contribution in [3.63, 3.8) is 0 Å². The molecule has 8 heteroatoms. The first kappa shape index (κ1) is 21.9. The van der Waals surface area contributed by atoms with Crippen LogP contribution in [0.5, 0.6) is 0 Å². The minimum atomic E-state index is -3.55. The molecule has 0 N–H and O–H groups in total. The van der Waals surface area contributed by atoms with Gasteiger partial charge in [-0.2, -0.15) is 4.31 Å². The molecule has 1 amide bonds. The number of halogens is 1. The smallest absolute Gasteiger partial charge is 0.243 e. The van der Waals surface area contributed by atoms with Crippen LogP contribution in [0.3, 0.4) is 0 Å². The second-order valence-electron chi connectivity index (χ2n) is 8.25. The Balaban J connectivity index is 1.40. The molecule has 6 nitrogen and oxygen atoms in total. The molecule has 166 valence electrons. The van der Waals surface area contributed by atoms with Crippen LogP contribution in [0.2, 0.25) is 0 Å². The van der Waals surface area contributed by atoms with Gasteiger partial charge in [-0.25, -0.2) is 12.8 Å². The van der Waals surface area contributed by atoms with Crippen molar-refractivity contribution in [1.82, 2.24) is 14.1 Å². The predicted octanol–water partition coefficient (Wildman–Crippen LogP) is 2.63. The number of likely N-dealkylation sites (tertiary alicyclic amines) is 1. The molecule has 0 aliphatic carbocycles. The molecule has 0 radical (unpaired) electrons. The summed E-state index contributed by atoms with van der Waals surface area (Å²) in [7, 11) is -3.55. The molecule has 0 unspecified atom stereocenters. The van der Waals surface area contributed by atoms with E-state index in [1.165, 1.54) is 12.1 Å². The van der Waals surface area contributed by atoms with Crippen molar-refractivity contribution in [3.8, 4) is 0 Å². The van der Waals surface area contributed by atoms with Gasteiger partial charge in [0.2, 0.25) is 15.9 Å². The van der Waals surface area contributed by atoms with Gasteiger partial charge in [0.1, 0.15) is 5.82 Å². The third kappa shape index (κ3) is 4.66. The van der Waals surface area contributed by atoms with E-state index in [2.05, 4.69) is 4.90 Å². The Morgan fingerprint density at radius 2 is 1.71 bits per heavy atom. The lowest BCUT2D eigenvalue weighted by atomic mass is 10.2. The zero-order chi connectivity index (χ0) is 22.0. The number of hydrogen-bond acceptors (Lipinski definition) is 4. The SMILES string of the molecule is Cc1ccccc1S(=O)(=O)N1CCCN([C@H]2CCN(Cc3ccc(F)cc3)C2=O)CC1. The number of carbonyl (C=O) groups is 1. The van der Waals surface area contributed by atoms with Gasteiger partial charge < -0.3 is 4.90 Å². The average Bonchev–Trinajstić information content (AvgIpc) is 2.95. The molecule has 1 atom stereocenters. The highest BCUT2D eigenvalue weighted by Gasteiger charge is 2.37. The van der Waals surface area contributed by atoms with Gasteiger partial charge in [0.15, 0.2) is 0 Å². The van der Waals surface area contributed by atoms with Gasteiger partial charge in [-0.3, -0.25) is 9.69 Å². The van der Waals surface area contributed by atoms with E-state index in [4.69, 9.17) is 0 Å². The van der Waals surface area contributed by atoms with Crippen LogP contribution in [-0.4, -0.2) is 67.2 Å². The highest BCUT2D eigenvalue weighted by molar-refractivity contribution is 7.89. The molecule has 0 spiro atoms. The zero-order valence-electron chi connectivity index (χ0n) is 17.7. The van der Waals surface area contributed by atoms with E-state index in [-0.39, 0.29) is 17.8 Å². The van der Waals surface area contributed by atoms with Crippen LogP contribution in [0.1, 0.15) is 24.0 Å². The number of sulfonamides is 1. The fourth-order valence-electron chi connectivity index (χ4n) is 4.48. The van der Waals surface area contributed by atoms with Gasteiger partial charge in [0, 0.05) is 39.3 Å². The van der Waals surface area contributed by atoms with Gasteiger partial charge in [-0.05, 0) is 49.1 Å². The highest BCUT2D eigenvalue weighted by Crippen LogP contribution is 2.24. The lowest BCUT2D eigenvalue weighted by molar-refractivity contribution is -0.132. The summed E-state index contributed by atoms with van der Waals surface area (Å²) < 4.78 is 41.0. The molecule has 4 rings (SSSR count). The molecule has 2 aliphatic heterocycles. The number of amides is 1. The molecule has 31 heavy (non-hydrogen) atoms. The van der Waals surface area contributed by atoms with E-state index < -0.39 is 10.0 Å². The van der Waals surface area contributed by atoms with Crippen molar-refractivity contribution < 1.29 is 17.6 Å². The normalized spacial score (nSPS) is 21.4. The van der Waals surface area contributed by atoms with E-state index in [0.29, 0.717) is 50.6 Å². The third-order valence-corrected chi connectivity index (χ3v) is 8.26. The molecular weight excluding hydrogens is 417 g/mol. The molecule has 0 saturated carbocycles. The van der Waals surface area contributed by atoms with E-state index in [9.17, 15) is 17.6 Å². The van der Waals surface area contributed by atoms with E-state index in [1.807, 2.05) is 24.0 Å². The summed E-state index contributed by atoms with van der Waals surface area (Å²) in [5.41, 5.74) is 1.65. The summed E-state index contributed by atoms with van der Waals surface area (Å²) in [6, 6.07) is 13.1. The van der Waals surface area contributed by atoms with Crippen LogP contribution in [0.25, 0.3) is 0 Å². The number of nitrogens with zero attached hydrogens (tertiary/aromatic N) is 3. The molecule has 2 fully saturated rings. The summed E-state index contributed by atoms with van der Waals surface area (Å²) in [6.07, 6.45) is 1.41. The number of benzene rings is 2. The Morgan fingerprint density at radius 3 is 2.45 bits per heavy atom. The first-order valence-electron chi connectivity index (χ1n) is 10.7. The first-order valence-corrected chi connectivity index (χ1v) is 12.1. The van der Waals surface area contributed by atoms with E-state index in [1.54, 1.807) is 28.6 Å². The van der Waals surface area contributed by atoms with Crippen molar-refractivity contribution in [2.75, 3.05) is 32.7 Å². The quantitative estimate of drug-likeness (QED) is 0.710. The summed E-state index contributed by atoms with van der Waals surface area (Å²) in [5, 5.41) is 0. The second-order valence-corrected chi connectivity index (χ2v) is 10.2. The standard InChI is InChI=1S/C23H28FN3O3S/c1-18-5-2-3-6-22(18)31(29,30)27-13-4-12-25(15-16-27)21-11-14-26(23(21)28)17-19-7-9-20(24)10-8-19/h2-3,5-10,21H,4,11-17H2,1H3/t21-/m0/s1. The second kappa shape index (κ2) is 9.06. The summed E-state index contributed by atoms with van der Waals surface area (Å²) in [5.74, 6) is -0.219. The maximum atomic E-state index is 13.1. The number of hydrogen-bond donors (Lipinski definition) is 0. The average molecular weight is 446 g/mol. The largest absolute Gasteiger partial charge is 0.337 e.